The van der Waals surface area contributed by atoms with E-state index < -0.39 is 0 Å². The molecule has 1 fully saturated rings. The van der Waals surface area contributed by atoms with Crippen molar-refractivity contribution in [2.45, 2.75) is 76.0 Å². The Morgan fingerprint density at radius 3 is 2.80 bits per heavy atom. The van der Waals surface area contributed by atoms with Crippen LogP contribution in [-0.2, 0) is 6.42 Å². The molecule has 0 amide bonds. The van der Waals surface area contributed by atoms with E-state index in [1.54, 1.807) is 0 Å². The first-order chi connectivity index (χ1) is 9.81. The van der Waals surface area contributed by atoms with Gasteiger partial charge in [-0.15, -0.1) is 0 Å². The molecule has 1 aromatic rings. The molecule has 3 atom stereocenters. The molecule has 0 aliphatic heterocycles. The average Bonchev–Trinajstić information content (AvgIpc) is 2.64. The van der Waals surface area contributed by atoms with Crippen molar-refractivity contribution in [2.24, 2.45) is 0 Å². The van der Waals surface area contributed by atoms with Crippen molar-refractivity contribution in [2.75, 3.05) is 7.05 Å². The number of aliphatic hydroxyl groups excluding tert-OH is 1. The van der Waals surface area contributed by atoms with Crippen LogP contribution in [0.5, 0.6) is 0 Å². The van der Waals surface area contributed by atoms with Gasteiger partial charge < -0.3 is 10.4 Å². The van der Waals surface area contributed by atoms with Crippen LogP contribution in [0.1, 0.15) is 74.7 Å². The minimum Gasteiger partial charge on any atom is -0.391 e. The summed E-state index contributed by atoms with van der Waals surface area (Å²) in [6.07, 6.45) is 12.2. The van der Waals surface area contributed by atoms with Gasteiger partial charge in [-0.05, 0) is 39.2 Å². The van der Waals surface area contributed by atoms with Crippen molar-refractivity contribution in [1.82, 2.24) is 15.1 Å². The Labute approximate surface area is 121 Å². The third-order valence-corrected chi connectivity index (χ3v) is 5.07. The predicted molar refractivity (Wildman–Crippen MR) is 79.7 cm³/mol. The van der Waals surface area contributed by atoms with Crippen molar-refractivity contribution >= 4 is 0 Å². The largest absolute Gasteiger partial charge is 0.391 e. The van der Waals surface area contributed by atoms with Crippen molar-refractivity contribution in [3.63, 3.8) is 0 Å². The van der Waals surface area contributed by atoms with Gasteiger partial charge in [-0.1, -0.05) is 25.7 Å². The van der Waals surface area contributed by atoms with E-state index in [1.807, 2.05) is 13.2 Å². The van der Waals surface area contributed by atoms with Crippen LogP contribution in [0.4, 0.5) is 0 Å². The van der Waals surface area contributed by atoms with E-state index in [0.717, 1.165) is 25.7 Å². The van der Waals surface area contributed by atoms with Crippen molar-refractivity contribution in [1.29, 1.82) is 0 Å². The second-order valence-electron chi connectivity index (χ2n) is 6.35. The summed E-state index contributed by atoms with van der Waals surface area (Å²) in [7, 11) is 2.04. The zero-order valence-corrected chi connectivity index (χ0v) is 12.5. The highest BCUT2D eigenvalue weighted by molar-refractivity contribution is 5.24. The third kappa shape index (κ3) is 2.63. The van der Waals surface area contributed by atoms with E-state index in [2.05, 4.69) is 15.1 Å². The van der Waals surface area contributed by atoms with Gasteiger partial charge in [0.1, 0.15) is 0 Å². The molecule has 1 aromatic heterocycles. The summed E-state index contributed by atoms with van der Waals surface area (Å²) >= 11 is 0. The van der Waals surface area contributed by atoms with Gasteiger partial charge in [0, 0.05) is 17.3 Å². The molecule has 2 aliphatic carbocycles. The van der Waals surface area contributed by atoms with E-state index in [0.29, 0.717) is 6.04 Å². The minimum atomic E-state index is -0.224. The van der Waals surface area contributed by atoms with Crippen molar-refractivity contribution in [3.8, 4) is 0 Å². The maximum absolute atomic E-state index is 10.4. The molecule has 4 nitrogen and oxygen atoms in total. The van der Waals surface area contributed by atoms with Crippen LogP contribution < -0.4 is 5.32 Å². The fourth-order valence-electron chi connectivity index (χ4n) is 3.89. The van der Waals surface area contributed by atoms with Gasteiger partial charge in [0.05, 0.1) is 18.3 Å². The second kappa shape index (κ2) is 6.27. The molecule has 0 bridgehead atoms. The fourth-order valence-corrected chi connectivity index (χ4v) is 3.89. The average molecular weight is 277 g/mol. The van der Waals surface area contributed by atoms with Gasteiger partial charge in [0.2, 0.25) is 0 Å². The van der Waals surface area contributed by atoms with E-state index in [4.69, 9.17) is 0 Å². The normalized spacial score (nSPS) is 31.4. The topological polar surface area (TPSA) is 50.1 Å². The number of hydrogen-bond acceptors (Lipinski definition) is 3. The number of hydrogen-bond donors (Lipinski definition) is 2. The molecule has 0 saturated heterocycles. The smallest absolute Gasteiger partial charge is 0.0781 e. The van der Waals surface area contributed by atoms with Gasteiger partial charge in [0.25, 0.3) is 0 Å². The van der Waals surface area contributed by atoms with Crippen LogP contribution in [0.25, 0.3) is 0 Å². The Balaban J connectivity index is 1.92. The number of nitrogens with zero attached hydrogens (tertiary/aromatic N) is 2. The lowest BCUT2D eigenvalue weighted by Gasteiger charge is -2.23. The standard InChI is InChI=1S/C16H27N3O/c1-17-13-7-5-6-8-14-12(13)11-18-19(14)15-9-3-2-4-10-16(15)20/h11,13,15-17,20H,2-10H2,1H3. The number of fused-ring (bicyclic) bond motifs is 1. The van der Waals surface area contributed by atoms with Gasteiger partial charge in [-0.2, -0.15) is 5.10 Å². The molecule has 3 unspecified atom stereocenters. The van der Waals surface area contributed by atoms with Crippen LogP contribution in [-0.4, -0.2) is 28.0 Å². The number of aliphatic hydroxyl groups is 1. The Kier molecular flexibility index (Phi) is 4.41. The number of rotatable bonds is 2. The molecule has 1 heterocycles. The lowest BCUT2D eigenvalue weighted by molar-refractivity contribution is 0.0974. The molecular formula is C16H27N3O. The zero-order chi connectivity index (χ0) is 13.9. The summed E-state index contributed by atoms with van der Waals surface area (Å²) in [5.41, 5.74) is 2.73. The van der Waals surface area contributed by atoms with Crippen LogP contribution in [0, 0.1) is 0 Å². The summed E-state index contributed by atoms with van der Waals surface area (Å²) in [4.78, 5) is 0. The Morgan fingerprint density at radius 2 is 1.95 bits per heavy atom. The molecule has 3 rings (SSSR count). The van der Waals surface area contributed by atoms with Crippen molar-refractivity contribution < 1.29 is 5.11 Å². The maximum atomic E-state index is 10.4. The van der Waals surface area contributed by atoms with Crippen molar-refractivity contribution in [3.05, 3.63) is 17.5 Å². The predicted octanol–water partition coefficient (Wildman–Crippen LogP) is 2.74. The van der Waals surface area contributed by atoms with E-state index >= 15 is 0 Å². The summed E-state index contributed by atoms with van der Waals surface area (Å²) in [6, 6.07) is 0.626. The monoisotopic (exact) mass is 277 g/mol. The van der Waals surface area contributed by atoms with E-state index in [-0.39, 0.29) is 12.1 Å². The van der Waals surface area contributed by atoms with Crippen LogP contribution in [0.15, 0.2) is 6.20 Å². The Hall–Kier alpha value is -0.870. The van der Waals surface area contributed by atoms with Gasteiger partial charge >= 0.3 is 0 Å². The minimum absolute atomic E-state index is 0.192. The molecular weight excluding hydrogens is 250 g/mol. The lowest BCUT2D eigenvalue weighted by Crippen LogP contribution is -2.26. The first-order valence-electron chi connectivity index (χ1n) is 8.23. The first-order valence-corrected chi connectivity index (χ1v) is 8.23. The molecule has 0 spiro atoms. The van der Waals surface area contributed by atoms with Crippen LogP contribution in [0.2, 0.25) is 0 Å². The third-order valence-electron chi connectivity index (χ3n) is 5.07. The Morgan fingerprint density at radius 1 is 1.15 bits per heavy atom. The number of aromatic nitrogens is 2. The summed E-state index contributed by atoms with van der Waals surface area (Å²) in [5, 5.41) is 18.5. The molecule has 2 N–H and O–H groups in total. The number of nitrogens with one attached hydrogen (secondary N) is 1. The molecule has 0 radical (unpaired) electrons. The fraction of sp³-hybridized carbons (Fsp3) is 0.812. The molecule has 112 valence electrons. The Bertz CT molecular complexity index is 443. The van der Waals surface area contributed by atoms with E-state index in [1.165, 1.54) is 43.4 Å². The maximum Gasteiger partial charge on any atom is 0.0781 e. The van der Waals surface area contributed by atoms with Gasteiger partial charge in [-0.25, -0.2) is 0 Å². The molecule has 1 saturated carbocycles. The SMILES string of the molecule is CNC1CCCCc2c1cnn2C1CCCCCC1O. The molecule has 20 heavy (non-hydrogen) atoms. The summed E-state index contributed by atoms with van der Waals surface area (Å²) in [6.45, 7) is 0. The van der Waals surface area contributed by atoms with Gasteiger partial charge in [0.15, 0.2) is 0 Å². The zero-order valence-electron chi connectivity index (χ0n) is 12.5. The van der Waals surface area contributed by atoms with Gasteiger partial charge in [-0.3, -0.25) is 4.68 Å². The van der Waals surface area contributed by atoms with Crippen LogP contribution in [0.3, 0.4) is 0 Å². The highest BCUT2D eigenvalue weighted by Crippen LogP contribution is 2.33. The first kappa shape index (κ1) is 14.1. The quantitative estimate of drug-likeness (QED) is 0.645. The van der Waals surface area contributed by atoms with Crippen LogP contribution >= 0.6 is 0 Å². The lowest BCUT2D eigenvalue weighted by atomic mass is 10.0. The van der Waals surface area contributed by atoms with E-state index in [9.17, 15) is 5.11 Å². The second-order valence-corrected chi connectivity index (χ2v) is 6.35. The highest BCUT2D eigenvalue weighted by Gasteiger charge is 2.29. The highest BCUT2D eigenvalue weighted by atomic mass is 16.3. The molecule has 0 aromatic carbocycles. The summed E-state index contributed by atoms with van der Waals surface area (Å²) < 4.78 is 2.17. The summed E-state index contributed by atoms with van der Waals surface area (Å²) in [5.74, 6) is 0. The molecule has 2 aliphatic rings. The molecule has 4 heteroatoms.